The Hall–Kier alpha value is -2.62. The zero-order valence-corrected chi connectivity index (χ0v) is 20.4. The first kappa shape index (κ1) is 23.5. The molecule has 0 atom stereocenters. The maximum absolute atomic E-state index is 12.9. The Labute approximate surface area is 194 Å². The molecule has 0 aliphatic carbocycles. The molecule has 9 heteroatoms. The second-order valence-corrected chi connectivity index (χ2v) is 9.99. The van der Waals surface area contributed by atoms with Gasteiger partial charge in [0, 0.05) is 43.8 Å². The molecule has 3 heterocycles. The summed E-state index contributed by atoms with van der Waals surface area (Å²) in [4.78, 5) is 20.7. The van der Waals surface area contributed by atoms with E-state index < -0.39 is 0 Å². The van der Waals surface area contributed by atoms with E-state index >= 15 is 0 Å². The maximum atomic E-state index is 12.9. The van der Waals surface area contributed by atoms with E-state index in [-0.39, 0.29) is 11.1 Å². The molecule has 1 N–H and O–H groups in total. The molecule has 0 bridgehead atoms. The fraction of sp³-hybridized carbons (Fsp3) is 0.583. The summed E-state index contributed by atoms with van der Waals surface area (Å²) in [6.45, 7) is 16.6. The molecule has 1 aliphatic heterocycles. The number of rotatable bonds is 7. The molecule has 1 aromatic carbocycles. The number of benzene rings is 1. The number of nitrogens with one attached hydrogen (secondary N) is 1. The van der Waals surface area contributed by atoms with Crippen LogP contribution in [0.25, 0.3) is 10.9 Å². The van der Waals surface area contributed by atoms with Crippen molar-refractivity contribution < 1.29 is 4.74 Å². The number of aryl methyl sites for hydroxylation is 2. The average molecular weight is 454 g/mol. The molecule has 0 radical (unpaired) electrons. The van der Waals surface area contributed by atoms with Crippen molar-refractivity contribution in [3.8, 4) is 0 Å². The third kappa shape index (κ3) is 5.66. The first-order valence-corrected chi connectivity index (χ1v) is 11.6. The van der Waals surface area contributed by atoms with Crippen molar-refractivity contribution in [2.75, 3.05) is 39.4 Å². The Bertz CT molecular complexity index is 1160. The van der Waals surface area contributed by atoms with Crippen LogP contribution in [0.4, 0.5) is 0 Å². The SMILES string of the molecule is Cc1cc2cc(CN(CCN3CCOCC3)Cc3nnnn3C(C)(C)C)c(=O)[nH]c2cc1C. The molecule has 0 spiro atoms. The van der Waals surface area contributed by atoms with Gasteiger partial charge in [0.05, 0.1) is 25.3 Å². The number of hydrogen-bond donors (Lipinski definition) is 1. The van der Waals surface area contributed by atoms with E-state index in [1.807, 2.05) is 16.8 Å². The van der Waals surface area contributed by atoms with Crippen LogP contribution >= 0.6 is 0 Å². The highest BCUT2D eigenvalue weighted by Gasteiger charge is 2.22. The van der Waals surface area contributed by atoms with Gasteiger partial charge in [0.25, 0.3) is 5.56 Å². The van der Waals surface area contributed by atoms with Crippen molar-refractivity contribution in [1.82, 2.24) is 35.0 Å². The summed E-state index contributed by atoms with van der Waals surface area (Å²) in [5.41, 5.74) is 3.76. The van der Waals surface area contributed by atoms with Gasteiger partial charge in [-0.2, -0.15) is 0 Å². The third-order valence-corrected chi connectivity index (χ3v) is 6.30. The molecule has 1 saturated heterocycles. The van der Waals surface area contributed by atoms with Crippen LogP contribution in [-0.2, 0) is 23.4 Å². The second-order valence-electron chi connectivity index (χ2n) is 9.99. The predicted molar refractivity (Wildman–Crippen MR) is 128 cm³/mol. The molecule has 33 heavy (non-hydrogen) atoms. The van der Waals surface area contributed by atoms with E-state index in [1.54, 1.807) is 0 Å². The van der Waals surface area contributed by atoms with Crippen LogP contribution in [0.1, 0.15) is 43.3 Å². The molecule has 4 rings (SSSR count). The summed E-state index contributed by atoms with van der Waals surface area (Å²) in [6.07, 6.45) is 0. The van der Waals surface area contributed by atoms with Crippen molar-refractivity contribution in [1.29, 1.82) is 0 Å². The van der Waals surface area contributed by atoms with E-state index in [1.165, 1.54) is 11.1 Å². The standard InChI is InChI=1S/C24H35N7O2/c1-17-12-19-14-20(23(32)25-21(19)13-18(17)2)15-30(7-6-29-8-10-33-11-9-29)16-22-26-27-28-31(22)24(3,4)5/h12-14H,6-11,15-16H2,1-5H3,(H,25,32). The topological polar surface area (TPSA) is 92.2 Å². The van der Waals surface area contributed by atoms with Gasteiger partial charge >= 0.3 is 0 Å². The number of hydrogen-bond acceptors (Lipinski definition) is 7. The molecule has 3 aromatic rings. The minimum Gasteiger partial charge on any atom is -0.379 e. The molecule has 178 valence electrons. The largest absolute Gasteiger partial charge is 0.379 e. The minimum atomic E-state index is -0.218. The van der Waals surface area contributed by atoms with E-state index in [0.29, 0.717) is 13.1 Å². The van der Waals surface area contributed by atoms with E-state index in [4.69, 9.17) is 4.74 Å². The van der Waals surface area contributed by atoms with E-state index in [9.17, 15) is 4.79 Å². The smallest absolute Gasteiger partial charge is 0.252 e. The summed E-state index contributed by atoms with van der Waals surface area (Å²) < 4.78 is 7.35. The van der Waals surface area contributed by atoms with Crippen LogP contribution in [0.5, 0.6) is 0 Å². The highest BCUT2D eigenvalue weighted by atomic mass is 16.5. The highest BCUT2D eigenvalue weighted by Crippen LogP contribution is 2.19. The quantitative estimate of drug-likeness (QED) is 0.586. The monoisotopic (exact) mass is 453 g/mol. The Kier molecular flexibility index (Phi) is 6.92. The number of H-pyrrole nitrogens is 1. The molecule has 0 unspecified atom stereocenters. The van der Waals surface area contributed by atoms with Gasteiger partial charge in [0.1, 0.15) is 0 Å². The van der Waals surface area contributed by atoms with Crippen LogP contribution in [0.2, 0.25) is 0 Å². The molecule has 1 fully saturated rings. The molecule has 0 saturated carbocycles. The van der Waals surface area contributed by atoms with E-state index in [0.717, 1.165) is 61.7 Å². The summed E-state index contributed by atoms with van der Waals surface area (Å²) >= 11 is 0. The van der Waals surface area contributed by atoms with E-state index in [2.05, 4.69) is 71.0 Å². The average Bonchev–Trinajstić information content (AvgIpc) is 3.23. The maximum Gasteiger partial charge on any atom is 0.252 e. The lowest BCUT2D eigenvalue weighted by Gasteiger charge is -2.30. The lowest BCUT2D eigenvalue weighted by Crippen LogP contribution is -2.42. The summed E-state index contributed by atoms with van der Waals surface area (Å²) in [6, 6.07) is 6.21. The number of aromatic nitrogens is 5. The summed E-state index contributed by atoms with van der Waals surface area (Å²) in [7, 11) is 0. The van der Waals surface area contributed by atoms with Crippen molar-refractivity contribution in [3.05, 3.63) is 51.1 Å². The number of fused-ring (bicyclic) bond motifs is 1. The fourth-order valence-electron chi connectivity index (χ4n) is 4.23. The Morgan fingerprint density at radius 3 is 2.55 bits per heavy atom. The Morgan fingerprint density at radius 1 is 1.09 bits per heavy atom. The lowest BCUT2D eigenvalue weighted by molar-refractivity contribution is 0.0321. The van der Waals surface area contributed by atoms with Crippen molar-refractivity contribution in [2.45, 2.75) is 53.2 Å². The predicted octanol–water partition coefficient (Wildman–Crippen LogP) is 2.22. The van der Waals surface area contributed by atoms with Gasteiger partial charge < -0.3 is 9.72 Å². The van der Waals surface area contributed by atoms with Crippen LogP contribution in [0.15, 0.2) is 23.0 Å². The lowest BCUT2D eigenvalue weighted by atomic mass is 10.0. The zero-order valence-electron chi connectivity index (χ0n) is 20.4. The molecular weight excluding hydrogens is 418 g/mol. The summed E-state index contributed by atoms with van der Waals surface area (Å²) in [5, 5.41) is 13.5. The van der Waals surface area contributed by atoms with Crippen LogP contribution in [0, 0.1) is 13.8 Å². The number of morpholine rings is 1. The van der Waals surface area contributed by atoms with Gasteiger partial charge in [-0.05, 0) is 79.8 Å². The fourth-order valence-corrected chi connectivity index (χ4v) is 4.23. The number of ether oxygens (including phenoxy) is 1. The van der Waals surface area contributed by atoms with Crippen molar-refractivity contribution >= 4 is 10.9 Å². The van der Waals surface area contributed by atoms with Gasteiger partial charge in [-0.3, -0.25) is 14.6 Å². The van der Waals surface area contributed by atoms with Gasteiger partial charge in [0.2, 0.25) is 0 Å². The van der Waals surface area contributed by atoms with Crippen molar-refractivity contribution in [2.24, 2.45) is 0 Å². The number of aromatic amines is 1. The molecular formula is C24H35N7O2. The first-order chi connectivity index (χ1) is 15.7. The second kappa shape index (κ2) is 9.70. The van der Waals surface area contributed by atoms with Crippen LogP contribution in [0.3, 0.4) is 0 Å². The molecule has 2 aromatic heterocycles. The zero-order chi connectivity index (χ0) is 23.6. The number of tetrazole rings is 1. The van der Waals surface area contributed by atoms with Gasteiger partial charge in [-0.25, -0.2) is 4.68 Å². The van der Waals surface area contributed by atoms with Crippen molar-refractivity contribution in [3.63, 3.8) is 0 Å². The number of pyridine rings is 1. The number of nitrogens with zero attached hydrogens (tertiary/aromatic N) is 6. The normalized spacial score (nSPS) is 15.6. The molecule has 1 aliphatic rings. The highest BCUT2D eigenvalue weighted by molar-refractivity contribution is 5.80. The Balaban J connectivity index is 1.60. The molecule has 0 amide bonds. The minimum absolute atomic E-state index is 0.0439. The van der Waals surface area contributed by atoms with Gasteiger partial charge in [-0.15, -0.1) is 5.10 Å². The van der Waals surface area contributed by atoms with Gasteiger partial charge in [0.15, 0.2) is 5.82 Å². The molecule has 9 nitrogen and oxygen atoms in total. The van der Waals surface area contributed by atoms with Gasteiger partial charge in [-0.1, -0.05) is 0 Å². The summed E-state index contributed by atoms with van der Waals surface area (Å²) in [5.74, 6) is 0.799. The Morgan fingerprint density at radius 2 is 1.82 bits per heavy atom. The third-order valence-electron chi connectivity index (χ3n) is 6.30. The first-order valence-electron chi connectivity index (χ1n) is 11.6. The van der Waals surface area contributed by atoms with Crippen LogP contribution in [-0.4, -0.2) is 74.4 Å². The van der Waals surface area contributed by atoms with Crippen LogP contribution < -0.4 is 5.56 Å².